The lowest BCUT2D eigenvalue weighted by molar-refractivity contribution is -0.137. The molecule has 0 radical (unpaired) electrons. The van der Waals surface area contributed by atoms with Crippen LogP contribution in [0.2, 0.25) is 10.0 Å². The molecule has 1 atom stereocenters. The molecule has 0 spiro atoms. The second-order valence-corrected chi connectivity index (χ2v) is 10.7. The van der Waals surface area contributed by atoms with Gasteiger partial charge in [-0.1, -0.05) is 53.5 Å². The van der Waals surface area contributed by atoms with Gasteiger partial charge in [-0.2, -0.15) is 0 Å². The number of hydrogen-bond acceptors (Lipinski definition) is 4. The number of fused-ring (bicyclic) bond motifs is 2. The molecule has 1 aromatic heterocycles. The van der Waals surface area contributed by atoms with Crippen LogP contribution in [-0.2, 0) is 4.79 Å². The zero-order chi connectivity index (χ0) is 28.8. The highest BCUT2D eigenvalue weighted by Crippen LogP contribution is 2.40. The SMILES string of the molecule is Cc1ccc(C(=O)NC2=Cc3ccccc3N(c3ccc4nc(-c5c(Cl)cccc5Cl)[nH]c4c3)C2C(=O)O)cc1C. The smallest absolute Gasteiger partial charge is 0.332 e. The van der Waals surface area contributed by atoms with Crippen LogP contribution in [0.5, 0.6) is 0 Å². The van der Waals surface area contributed by atoms with Gasteiger partial charge in [-0.25, -0.2) is 9.78 Å². The minimum atomic E-state index is -1.20. The third-order valence-electron chi connectivity index (χ3n) is 7.26. The van der Waals surface area contributed by atoms with Crippen LogP contribution in [-0.4, -0.2) is 33.0 Å². The zero-order valence-corrected chi connectivity index (χ0v) is 23.6. The Labute approximate surface area is 246 Å². The Kier molecular flexibility index (Phi) is 6.77. The lowest BCUT2D eigenvalue weighted by Crippen LogP contribution is -2.46. The van der Waals surface area contributed by atoms with E-state index in [1.807, 2.05) is 62.4 Å². The van der Waals surface area contributed by atoms with Crippen LogP contribution in [0.15, 0.2) is 84.6 Å². The van der Waals surface area contributed by atoms with Crippen molar-refractivity contribution in [1.29, 1.82) is 0 Å². The number of imidazole rings is 1. The number of nitrogens with zero attached hydrogens (tertiary/aromatic N) is 2. The third-order valence-corrected chi connectivity index (χ3v) is 7.89. The van der Waals surface area contributed by atoms with Crippen molar-refractivity contribution in [3.8, 4) is 11.4 Å². The summed E-state index contributed by atoms with van der Waals surface area (Å²) in [4.78, 5) is 35.7. The molecule has 7 nitrogen and oxygen atoms in total. The molecule has 2 heterocycles. The quantitative estimate of drug-likeness (QED) is 0.199. The Bertz CT molecular complexity index is 1880. The van der Waals surface area contributed by atoms with Crippen LogP contribution in [0.3, 0.4) is 0 Å². The van der Waals surface area contributed by atoms with Gasteiger partial charge in [0.05, 0.1) is 32.3 Å². The topological polar surface area (TPSA) is 98.3 Å². The van der Waals surface area contributed by atoms with Crippen molar-refractivity contribution in [2.45, 2.75) is 19.9 Å². The van der Waals surface area contributed by atoms with Crippen molar-refractivity contribution in [1.82, 2.24) is 15.3 Å². The third kappa shape index (κ3) is 4.84. The standard InChI is InChI=1S/C32H24Cl2N4O3/c1-17-10-11-20(14-18(17)2)31(39)37-26-15-19-6-3-4-9-27(19)38(29(26)32(40)41)21-12-13-24-25(16-21)36-30(35-24)28-22(33)7-5-8-23(28)34/h3-16,29H,1-2H3,(H,35,36)(H,37,39)(H,40,41). The first kappa shape index (κ1) is 26.6. The van der Waals surface area contributed by atoms with E-state index in [0.717, 1.165) is 16.7 Å². The van der Waals surface area contributed by atoms with Crippen LogP contribution in [0.25, 0.3) is 28.5 Å². The predicted octanol–water partition coefficient (Wildman–Crippen LogP) is 7.53. The van der Waals surface area contributed by atoms with Crippen LogP contribution in [0.1, 0.15) is 27.0 Å². The molecule has 3 N–H and O–H groups in total. The van der Waals surface area contributed by atoms with Gasteiger partial charge in [-0.3, -0.25) is 4.79 Å². The first-order valence-electron chi connectivity index (χ1n) is 12.9. The molecule has 0 fully saturated rings. The number of aromatic amines is 1. The lowest BCUT2D eigenvalue weighted by Gasteiger charge is -2.37. The number of carboxylic acid groups (broad SMARTS) is 1. The van der Waals surface area contributed by atoms with Crippen LogP contribution in [0, 0.1) is 13.8 Å². The summed E-state index contributed by atoms with van der Waals surface area (Å²) in [6.45, 7) is 3.90. The van der Waals surface area contributed by atoms with E-state index in [4.69, 9.17) is 23.2 Å². The van der Waals surface area contributed by atoms with Gasteiger partial charge in [0.2, 0.25) is 0 Å². The number of carbonyl (C=O) groups excluding carboxylic acids is 1. The van der Waals surface area contributed by atoms with E-state index in [0.29, 0.717) is 49.4 Å². The Balaban J connectivity index is 1.43. The highest BCUT2D eigenvalue weighted by atomic mass is 35.5. The van der Waals surface area contributed by atoms with Crippen molar-refractivity contribution in [2.75, 3.05) is 4.90 Å². The summed E-state index contributed by atoms with van der Waals surface area (Å²) in [5.74, 6) is -0.989. The Morgan fingerprint density at radius 3 is 2.41 bits per heavy atom. The molecule has 0 aliphatic carbocycles. The number of rotatable bonds is 5. The number of aliphatic carboxylic acids is 1. The zero-order valence-electron chi connectivity index (χ0n) is 22.1. The fraction of sp³-hybridized carbons (Fsp3) is 0.0938. The summed E-state index contributed by atoms with van der Waals surface area (Å²) in [6, 6.07) is 22.4. The van der Waals surface area contributed by atoms with Crippen molar-refractivity contribution in [3.05, 3.63) is 117 Å². The molecule has 0 saturated carbocycles. The van der Waals surface area contributed by atoms with E-state index in [1.54, 1.807) is 41.3 Å². The highest BCUT2D eigenvalue weighted by Gasteiger charge is 2.36. The monoisotopic (exact) mass is 582 g/mol. The van der Waals surface area contributed by atoms with Gasteiger partial charge in [-0.15, -0.1) is 0 Å². The number of benzene rings is 4. The molecule has 1 amide bonds. The number of halogens is 2. The summed E-state index contributed by atoms with van der Waals surface area (Å²) in [6.07, 6.45) is 1.72. The average Bonchev–Trinajstić information content (AvgIpc) is 3.36. The summed E-state index contributed by atoms with van der Waals surface area (Å²) >= 11 is 12.8. The maximum absolute atomic E-state index is 13.3. The minimum absolute atomic E-state index is 0.257. The molecular weight excluding hydrogens is 559 g/mol. The van der Waals surface area contributed by atoms with E-state index in [2.05, 4.69) is 15.3 Å². The largest absolute Gasteiger partial charge is 0.479 e. The molecule has 1 aliphatic heterocycles. The number of nitrogens with one attached hydrogen (secondary N) is 2. The second kappa shape index (κ2) is 10.4. The first-order valence-corrected chi connectivity index (χ1v) is 13.6. The van der Waals surface area contributed by atoms with Crippen LogP contribution < -0.4 is 10.2 Å². The molecular formula is C32H24Cl2N4O3. The molecule has 4 aromatic carbocycles. The maximum Gasteiger partial charge on any atom is 0.332 e. The Morgan fingerprint density at radius 2 is 1.68 bits per heavy atom. The van der Waals surface area contributed by atoms with E-state index in [-0.39, 0.29) is 11.6 Å². The van der Waals surface area contributed by atoms with Gasteiger partial charge < -0.3 is 20.3 Å². The van der Waals surface area contributed by atoms with E-state index >= 15 is 0 Å². The number of para-hydroxylation sites is 1. The molecule has 1 unspecified atom stereocenters. The summed E-state index contributed by atoms with van der Waals surface area (Å²) in [5.41, 5.74) is 6.73. The molecule has 0 saturated heterocycles. The van der Waals surface area contributed by atoms with Crippen molar-refractivity contribution in [3.63, 3.8) is 0 Å². The fourth-order valence-electron chi connectivity index (χ4n) is 5.07. The summed E-state index contributed by atoms with van der Waals surface area (Å²) in [7, 11) is 0. The summed E-state index contributed by atoms with van der Waals surface area (Å²) in [5, 5.41) is 14.3. The summed E-state index contributed by atoms with van der Waals surface area (Å²) < 4.78 is 0. The lowest BCUT2D eigenvalue weighted by atomic mass is 9.98. The number of anilines is 2. The number of amides is 1. The Hall–Kier alpha value is -4.59. The van der Waals surface area contributed by atoms with Gasteiger partial charge in [0, 0.05) is 16.9 Å². The number of aromatic nitrogens is 2. The predicted molar refractivity (Wildman–Crippen MR) is 163 cm³/mol. The molecule has 204 valence electrons. The van der Waals surface area contributed by atoms with Gasteiger partial charge >= 0.3 is 5.97 Å². The van der Waals surface area contributed by atoms with E-state index < -0.39 is 12.0 Å². The second-order valence-electron chi connectivity index (χ2n) is 9.91. The number of carboxylic acids is 1. The van der Waals surface area contributed by atoms with Gasteiger partial charge in [0.15, 0.2) is 6.04 Å². The molecule has 0 bridgehead atoms. The average molecular weight is 583 g/mol. The van der Waals surface area contributed by atoms with Crippen LogP contribution in [0.4, 0.5) is 11.4 Å². The van der Waals surface area contributed by atoms with Gasteiger partial charge in [0.25, 0.3) is 5.91 Å². The van der Waals surface area contributed by atoms with Crippen molar-refractivity contribution in [2.24, 2.45) is 0 Å². The molecule has 41 heavy (non-hydrogen) atoms. The normalized spacial score (nSPS) is 14.5. The van der Waals surface area contributed by atoms with Crippen LogP contribution >= 0.6 is 23.2 Å². The molecule has 5 aromatic rings. The molecule has 6 rings (SSSR count). The number of aryl methyl sites for hydroxylation is 2. The Morgan fingerprint density at radius 1 is 0.927 bits per heavy atom. The number of H-pyrrole nitrogens is 1. The van der Waals surface area contributed by atoms with E-state index in [1.165, 1.54) is 0 Å². The first-order chi connectivity index (χ1) is 19.7. The van der Waals surface area contributed by atoms with Crippen molar-refractivity contribution < 1.29 is 14.7 Å². The van der Waals surface area contributed by atoms with Gasteiger partial charge in [0.1, 0.15) is 5.82 Å². The molecule has 9 heteroatoms. The van der Waals surface area contributed by atoms with Gasteiger partial charge in [-0.05, 0) is 85.1 Å². The fourth-order valence-corrected chi connectivity index (χ4v) is 5.64. The number of hydrogen-bond donors (Lipinski definition) is 3. The maximum atomic E-state index is 13.3. The van der Waals surface area contributed by atoms with Crippen molar-refractivity contribution >= 4 is 63.6 Å². The van der Waals surface area contributed by atoms with E-state index in [9.17, 15) is 14.7 Å². The number of carbonyl (C=O) groups is 2. The molecule has 1 aliphatic rings. The minimum Gasteiger partial charge on any atom is -0.479 e. The highest BCUT2D eigenvalue weighted by molar-refractivity contribution is 6.39.